The first-order valence-corrected chi connectivity index (χ1v) is 11.2. The number of amides is 1. The topological polar surface area (TPSA) is 34.5 Å². The predicted molar refractivity (Wildman–Crippen MR) is 112 cm³/mol. The van der Waals surface area contributed by atoms with E-state index in [1.165, 1.54) is 67.1 Å². The number of benzene rings is 1. The summed E-state index contributed by atoms with van der Waals surface area (Å²) in [6.07, 6.45) is 11.3. The molecular formula is C24H32N2O2. The van der Waals surface area contributed by atoms with Crippen molar-refractivity contribution < 1.29 is 9.53 Å². The lowest BCUT2D eigenvalue weighted by Crippen LogP contribution is -2.46. The molecule has 28 heavy (non-hydrogen) atoms. The molecule has 150 valence electrons. The number of carbonyl (C=O) groups is 1. The van der Waals surface area contributed by atoms with Gasteiger partial charge in [0.1, 0.15) is 12.3 Å². The lowest BCUT2D eigenvalue weighted by molar-refractivity contribution is -0.134. The molecule has 1 saturated heterocycles. The first-order valence-electron chi connectivity index (χ1n) is 11.2. The number of likely N-dealkylation sites (tertiary alicyclic amines) is 1. The van der Waals surface area contributed by atoms with Gasteiger partial charge in [-0.2, -0.15) is 0 Å². The van der Waals surface area contributed by atoms with Crippen molar-refractivity contribution in [2.45, 2.75) is 64.3 Å². The average molecular weight is 381 g/mol. The van der Waals surface area contributed by atoms with Crippen LogP contribution in [-0.4, -0.2) is 35.6 Å². The number of nitrogens with zero attached hydrogens (tertiary/aromatic N) is 2. The maximum Gasteiger partial charge on any atom is 0.242 e. The number of rotatable bonds is 3. The van der Waals surface area contributed by atoms with E-state index in [4.69, 9.17) is 4.74 Å². The van der Waals surface area contributed by atoms with Crippen molar-refractivity contribution in [3.8, 4) is 5.75 Å². The molecule has 1 amide bonds. The van der Waals surface area contributed by atoms with Gasteiger partial charge < -0.3 is 14.2 Å². The Labute approximate surface area is 167 Å². The van der Waals surface area contributed by atoms with Crippen molar-refractivity contribution >= 4 is 16.8 Å². The minimum Gasteiger partial charge on any atom is -0.497 e. The van der Waals surface area contributed by atoms with Gasteiger partial charge in [-0.3, -0.25) is 4.79 Å². The van der Waals surface area contributed by atoms with Gasteiger partial charge in [-0.1, -0.05) is 19.3 Å². The second-order valence-electron chi connectivity index (χ2n) is 9.03. The van der Waals surface area contributed by atoms with E-state index in [0.717, 1.165) is 43.5 Å². The highest BCUT2D eigenvalue weighted by atomic mass is 16.5. The van der Waals surface area contributed by atoms with E-state index in [0.29, 0.717) is 12.5 Å². The van der Waals surface area contributed by atoms with E-state index in [1.54, 1.807) is 7.11 Å². The Morgan fingerprint density at radius 2 is 1.89 bits per heavy atom. The highest BCUT2D eigenvalue weighted by molar-refractivity contribution is 5.89. The van der Waals surface area contributed by atoms with Gasteiger partial charge in [-0.15, -0.1) is 0 Å². The van der Waals surface area contributed by atoms with Gasteiger partial charge in [-0.05, 0) is 68.1 Å². The predicted octanol–water partition coefficient (Wildman–Crippen LogP) is 4.57. The molecule has 0 N–H and O–H groups in total. The Hall–Kier alpha value is -1.97. The van der Waals surface area contributed by atoms with Gasteiger partial charge in [-0.25, -0.2) is 0 Å². The zero-order chi connectivity index (χ0) is 19.1. The number of hydrogen-bond donors (Lipinski definition) is 0. The van der Waals surface area contributed by atoms with Crippen LogP contribution >= 0.6 is 0 Å². The van der Waals surface area contributed by atoms with Gasteiger partial charge >= 0.3 is 0 Å². The molecule has 0 spiro atoms. The molecule has 1 aromatic heterocycles. The Kier molecular flexibility index (Phi) is 4.82. The summed E-state index contributed by atoms with van der Waals surface area (Å²) >= 11 is 0. The molecule has 1 aliphatic heterocycles. The van der Waals surface area contributed by atoms with E-state index in [9.17, 15) is 4.79 Å². The number of aryl methyl sites for hydroxylation is 1. The summed E-state index contributed by atoms with van der Waals surface area (Å²) < 4.78 is 7.79. The van der Waals surface area contributed by atoms with Crippen LogP contribution in [0.2, 0.25) is 0 Å². The van der Waals surface area contributed by atoms with Crippen molar-refractivity contribution in [3.63, 3.8) is 0 Å². The molecule has 2 fully saturated rings. The molecule has 4 heteroatoms. The summed E-state index contributed by atoms with van der Waals surface area (Å²) in [7, 11) is 1.72. The van der Waals surface area contributed by atoms with Gasteiger partial charge in [0.2, 0.25) is 5.91 Å². The Balaban J connectivity index is 1.43. The smallest absolute Gasteiger partial charge is 0.242 e. The zero-order valence-corrected chi connectivity index (χ0v) is 17.1. The van der Waals surface area contributed by atoms with Gasteiger partial charge in [0.15, 0.2) is 0 Å². The molecule has 0 unspecified atom stereocenters. The summed E-state index contributed by atoms with van der Waals surface area (Å²) in [5.74, 6) is 2.78. The summed E-state index contributed by atoms with van der Waals surface area (Å²) in [6, 6.07) is 6.36. The van der Waals surface area contributed by atoms with E-state index in [2.05, 4.69) is 27.7 Å². The monoisotopic (exact) mass is 380 g/mol. The Morgan fingerprint density at radius 3 is 2.75 bits per heavy atom. The third-order valence-corrected chi connectivity index (χ3v) is 7.52. The Bertz CT molecular complexity index is 884. The summed E-state index contributed by atoms with van der Waals surface area (Å²) in [5.41, 5.74) is 4.02. The number of ether oxygens (including phenoxy) is 1. The van der Waals surface area contributed by atoms with Crippen LogP contribution in [0.15, 0.2) is 18.2 Å². The van der Waals surface area contributed by atoms with Crippen molar-refractivity contribution in [1.29, 1.82) is 0 Å². The van der Waals surface area contributed by atoms with Crippen LogP contribution in [0.1, 0.15) is 56.2 Å². The number of hydrogen-bond acceptors (Lipinski definition) is 2. The van der Waals surface area contributed by atoms with E-state index < -0.39 is 0 Å². The first kappa shape index (κ1) is 18.1. The minimum absolute atomic E-state index is 0.303. The fourth-order valence-electron chi connectivity index (χ4n) is 5.98. The summed E-state index contributed by atoms with van der Waals surface area (Å²) in [5, 5.41) is 1.31. The lowest BCUT2D eigenvalue weighted by Gasteiger charge is -2.41. The molecule has 4 nitrogen and oxygen atoms in total. The number of aromatic nitrogens is 1. The van der Waals surface area contributed by atoms with Crippen LogP contribution in [0, 0.1) is 11.8 Å². The molecule has 2 aliphatic carbocycles. The van der Waals surface area contributed by atoms with Crippen LogP contribution in [0.3, 0.4) is 0 Å². The summed E-state index contributed by atoms with van der Waals surface area (Å²) in [4.78, 5) is 15.5. The average Bonchev–Trinajstić information content (AvgIpc) is 3.06. The third kappa shape index (κ3) is 3.11. The number of methoxy groups -OCH3 is 1. The fraction of sp³-hybridized carbons (Fsp3) is 0.625. The van der Waals surface area contributed by atoms with Crippen molar-refractivity contribution in [2.24, 2.45) is 11.8 Å². The van der Waals surface area contributed by atoms with Crippen molar-refractivity contribution in [3.05, 3.63) is 29.5 Å². The second kappa shape index (κ2) is 7.46. The molecule has 0 bridgehead atoms. The molecule has 1 aromatic carbocycles. The maximum atomic E-state index is 13.3. The van der Waals surface area contributed by atoms with Crippen LogP contribution < -0.4 is 4.74 Å². The fourth-order valence-corrected chi connectivity index (χ4v) is 5.98. The maximum absolute atomic E-state index is 13.3. The highest BCUT2D eigenvalue weighted by Crippen LogP contribution is 2.37. The van der Waals surface area contributed by atoms with Gasteiger partial charge in [0.25, 0.3) is 0 Å². The highest BCUT2D eigenvalue weighted by Gasteiger charge is 2.33. The molecule has 5 rings (SSSR count). The molecule has 2 heterocycles. The molecular weight excluding hydrogens is 348 g/mol. The van der Waals surface area contributed by atoms with Crippen molar-refractivity contribution in [2.75, 3.05) is 20.2 Å². The van der Waals surface area contributed by atoms with Crippen molar-refractivity contribution in [1.82, 2.24) is 9.47 Å². The van der Waals surface area contributed by atoms with E-state index in [-0.39, 0.29) is 0 Å². The first-order chi connectivity index (χ1) is 13.7. The van der Waals surface area contributed by atoms with Crippen LogP contribution in [0.4, 0.5) is 0 Å². The molecule has 2 aromatic rings. The number of fused-ring (bicyclic) bond motifs is 4. The van der Waals surface area contributed by atoms with E-state index >= 15 is 0 Å². The normalized spacial score (nSPS) is 24.7. The molecule has 3 aliphatic rings. The largest absolute Gasteiger partial charge is 0.497 e. The summed E-state index contributed by atoms with van der Waals surface area (Å²) in [6.45, 7) is 2.41. The van der Waals surface area contributed by atoms with E-state index in [1.807, 2.05) is 0 Å². The minimum atomic E-state index is 0.303. The lowest BCUT2D eigenvalue weighted by atomic mass is 9.75. The molecule has 2 atom stereocenters. The van der Waals surface area contributed by atoms with Crippen LogP contribution in [0.5, 0.6) is 5.75 Å². The third-order valence-electron chi connectivity index (χ3n) is 7.52. The molecule has 0 radical (unpaired) electrons. The second-order valence-corrected chi connectivity index (χ2v) is 9.03. The number of piperidine rings is 1. The van der Waals surface area contributed by atoms with Gasteiger partial charge in [0.05, 0.1) is 12.6 Å². The van der Waals surface area contributed by atoms with Crippen LogP contribution in [-0.2, 0) is 24.2 Å². The molecule has 1 saturated carbocycles. The number of carbonyl (C=O) groups excluding carboxylic acids is 1. The Morgan fingerprint density at radius 1 is 1.07 bits per heavy atom. The standard InChI is InChI=1S/C24H32N2O2/c1-28-19-10-11-21-20-8-4-5-9-22(20)26(23(21)14-19)16-24(27)25-13-12-17-6-2-3-7-18(17)15-25/h10-11,14,17-18H,2-9,12-13,15-16H2,1H3/t17-,18-/m0/s1. The van der Waals surface area contributed by atoms with Gasteiger partial charge in [0, 0.05) is 30.2 Å². The zero-order valence-electron chi connectivity index (χ0n) is 17.1. The SMILES string of the molecule is COc1ccc2c3c(n(CC(=O)N4CC[C@@H]5CCCC[C@H]5C4)c2c1)CCCC3. The quantitative estimate of drug-likeness (QED) is 0.782. The van der Waals surface area contributed by atoms with Crippen LogP contribution in [0.25, 0.3) is 10.9 Å².